The molecule has 0 radical (unpaired) electrons. The number of nitrogens with two attached hydrogens (primary N) is 1. The van der Waals surface area contributed by atoms with Gasteiger partial charge in [-0.3, -0.25) is 0 Å². The third-order valence-corrected chi connectivity index (χ3v) is 3.39. The van der Waals surface area contributed by atoms with Gasteiger partial charge in [0.25, 0.3) is 0 Å². The molecule has 1 aliphatic rings. The maximum absolute atomic E-state index is 13.2. The van der Waals surface area contributed by atoms with Crippen molar-refractivity contribution >= 4 is 11.6 Å². The first kappa shape index (κ1) is 10.7. The van der Waals surface area contributed by atoms with Crippen LogP contribution in [0.1, 0.15) is 24.0 Å². The molecule has 82 valence electrons. The van der Waals surface area contributed by atoms with Crippen LogP contribution in [0.3, 0.4) is 0 Å². The van der Waals surface area contributed by atoms with Gasteiger partial charge in [0.05, 0.1) is 0 Å². The summed E-state index contributed by atoms with van der Waals surface area (Å²) in [5.74, 6) is -0.988. The van der Waals surface area contributed by atoms with Crippen molar-refractivity contribution in [3.05, 3.63) is 28.0 Å². The van der Waals surface area contributed by atoms with E-state index in [0.717, 1.165) is 18.9 Å². The highest BCUT2D eigenvalue weighted by molar-refractivity contribution is 6.31. The average Bonchev–Trinajstić information content (AvgIpc) is 2.89. The smallest absolute Gasteiger partial charge is 0.166 e. The topological polar surface area (TPSA) is 46.2 Å². The SMILES string of the molecule is Cc1c(Cl)cc(F)c(O)c1CC1(N)CC1. The molecule has 0 spiro atoms. The molecule has 1 saturated carbocycles. The summed E-state index contributed by atoms with van der Waals surface area (Å²) >= 11 is 5.85. The summed E-state index contributed by atoms with van der Waals surface area (Å²) in [6.07, 6.45) is 2.32. The molecule has 2 nitrogen and oxygen atoms in total. The van der Waals surface area contributed by atoms with Crippen LogP contribution < -0.4 is 5.73 Å². The predicted molar refractivity (Wildman–Crippen MR) is 57.7 cm³/mol. The molecule has 3 N–H and O–H groups in total. The maximum atomic E-state index is 13.2. The Bertz CT molecular complexity index is 389. The Morgan fingerprint density at radius 1 is 1.60 bits per heavy atom. The second-order valence-electron chi connectivity index (χ2n) is 4.33. The number of phenols is 1. The molecule has 0 aliphatic heterocycles. The highest BCUT2D eigenvalue weighted by Gasteiger charge is 2.39. The van der Waals surface area contributed by atoms with Gasteiger partial charge in [-0.05, 0) is 37.8 Å². The minimum absolute atomic E-state index is 0.265. The van der Waals surface area contributed by atoms with E-state index in [4.69, 9.17) is 17.3 Å². The molecule has 1 aromatic carbocycles. The fourth-order valence-electron chi connectivity index (χ4n) is 1.66. The van der Waals surface area contributed by atoms with Crippen molar-refractivity contribution in [3.63, 3.8) is 0 Å². The van der Waals surface area contributed by atoms with Crippen LogP contribution in [0.2, 0.25) is 5.02 Å². The molecule has 0 amide bonds. The van der Waals surface area contributed by atoms with Crippen molar-refractivity contribution in [2.75, 3.05) is 0 Å². The molecule has 1 fully saturated rings. The van der Waals surface area contributed by atoms with Crippen molar-refractivity contribution in [2.45, 2.75) is 31.7 Å². The highest BCUT2D eigenvalue weighted by Crippen LogP contribution is 2.40. The van der Waals surface area contributed by atoms with Crippen LogP contribution in [0.5, 0.6) is 5.75 Å². The number of hydrogen-bond acceptors (Lipinski definition) is 2. The maximum Gasteiger partial charge on any atom is 0.166 e. The van der Waals surface area contributed by atoms with E-state index >= 15 is 0 Å². The Balaban J connectivity index is 2.44. The number of hydrogen-bond donors (Lipinski definition) is 2. The number of aromatic hydroxyl groups is 1. The third-order valence-electron chi connectivity index (χ3n) is 3.00. The lowest BCUT2D eigenvalue weighted by molar-refractivity contribution is 0.422. The number of benzene rings is 1. The average molecular weight is 230 g/mol. The molecule has 0 saturated heterocycles. The van der Waals surface area contributed by atoms with Gasteiger partial charge >= 0.3 is 0 Å². The summed E-state index contributed by atoms with van der Waals surface area (Å²) in [6.45, 7) is 1.77. The van der Waals surface area contributed by atoms with E-state index < -0.39 is 5.82 Å². The number of halogens is 2. The van der Waals surface area contributed by atoms with Gasteiger partial charge in [0.2, 0.25) is 0 Å². The van der Waals surface area contributed by atoms with E-state index in [2.05, 4.69) is 0 Å². The summed E-state index contributed by atoms with van der Waals surface area (Å²) in [4.78, 5) is 0. The molecule has 0 bridgehead atoms. The van der Waals surface area contributed by atoms with Gasteiger partial charge < -0.3 is 10.8 Å². The molecule has 0 aromatic heterocycles. The molecule has 15 heavy (non-hydrogen) atoms. The van der Waals surface area contributed by atoms with Crippen LogP contribution in [0, 0.1) is 12.7 Å². The van der Waals surface area contributed by atoms with E-state index in [9.17, 15) is 9.50 Å². The molecule has 0 atom stereocenters. The second kappa shape index (κ2) is 3.35. The van der Waals surface area contributed by atoms with Crippen LogP contribution in [0.15, 0.2) is 6.07 Å². The zero-order valence-electron chi connectivity index (χ0n) is 8.48. The minimum atomic E-state index is -0.676. The Kier molecular flexibility index (Phi) is 2.40. The standard InChI is InChI=1S/C11H13ClFNO/c1-6-7(5-11(14)2-3-11)10(15)9(13)4-8(6)12/h4,15H,2-3,5,14H2,1H3. The quantitative estimate of drug-likeness (QED) is 0.819. The largest absolute Gasteiger partial charge is 0.505 e. The monoisotopic (exact) mass is 229 g/mol. The zero-order valence-corrected chi connectivity index (χ0v) is 9.24. The van der Waals surface area contributed by atoms with Gasteiger partial charge in [-0.2, -0.15) is 0 Å². The number of phenolic OH excluding ortho intramolecular Hbond substituents is 1. The van der Waals surface area contributed by atoms with Crippen LogP contribution in [-0.4, -0.2) is 10.6 Å². The molecule has 1 aliphatic carbocycles. The summed E-state index contributed by atoms with van der Waals surface area (Å²) < 4.78 is 13.2. The molecule has 2 rings (SSSR count). The Hall–Kier alpha value is -0.800. The van der Waals surface area contributed by atoms with Crippen LogP contribution >= 0.6 is 11.6 Å². The zero-order chi connectivity index (χ0) is 11.2. The normalized spacial score (nSPS) is 17.9. The van der Waals surface area contributed by atoms with Gasteiger partial charge in [-0.15, -0.1) is 0 Å². The lowest BCUT2D eigenvalue weighted by Gasteiger charge is -2.14. The summed E-state index contributed by atoms with van der Waals surface area (Å²) in [7, 11) is 0. The van der Waals surface area contributed by atoms with Crippen LogP contribution in [-0.2, 0) is 6.42 Å². The van der Waals surface area contributed by atoms with Crippen molar-refractivity contribution in [3.8, 4) is 5.75 Å². The number of rotatable bonds is 2. The predicted octanol–water partition coefficient (Wildman–Crippen LogP) is 2.53. The van der Waals surface area contributed by atoms with E-state index in [0.29, 0.717) is 22.6 Å². The first-order chi connectivity index (χ1) is 6.93. The van der Waals surface area contributed by atoms with E-state index in [1.54, 1.807) is 6.92 Å². The first-order valence-corrected chi connectivity index (χ1v) is 5.26. The Morgan fingerprint density at radius 3 is 2.73 bits per heavy atom. The van der Waals surface area contributed by atoms with Crippen molar-refractivity contribution in [2.24, 2.45) is 5.73 Å². The van der Waals surface area contributed by atoms with E-state index in [1.165, 1.54) is 0 Å². The van der Waals surface area contributed by atoms with Gasteiger partial charge in [-0.1, -0.05) is 11.6 Å². The second-order valence-corrected chi connectivity index (χ2v) is 4.74. The van der Waals surface area contributed by atoms with Gasteiger partial charge in [0, 0.05) is 16.1 Å². The molecule has 1 aromatic rings. The molecule has 0 heterocycles. The van der Waals surface area contributed by atoms with Crippen LogP contribution in [0.4, 0.5) is 4.39 Å². The van der Waals surface area contributed by atoms with E-state index in [1.807, 2.05) is 0 Å². The molecule has 0 unspecified atom stereocenters. The lowest BCUT2D eigenvalue weighted by Crippen LogP contribution is -2.25. The van der Waals surface area contributed by atoms with Crippen molar-refractivity contribution in [1.29, 1.82) is 0 Å². The van der Waals surface area contributed by atoms with Gasteiger partial charge in [-0.25, -0.2) is 4.39 Å². The molecular formula is C11H13ClFNO. The highest BCUT2D eigenvalue weighted by atomic mass is 35.5. The van der Waals surface area contributed by atoms with Gasteiger partial charge in [0.1, 0.15) is 0 Å². The summed E-state index contributed by atoms with van der Waals surface area (Å²) in [5.41, 5.74) is 6.93. The minimum Gasteiger partial charge on any atom is -0.505 e. The fraction of sp³-hybridized carbons (Fsp3) is 0.455. The van der Waals surface area contributed by atoms with Crippen LogP contribution in [0.25, 0.3) is 0 Å². The lowest BCUT2D eigenvalue weighted by atomic mass is 9.98. The summed E-state index contributed by atoms with van der Waals surface area (Å²) in [5, 5.41) is 9.94. The molecular weight excluding hydrogens is 217 g/mol. The molecule has 4 heteroatoms. The summed E-state index contributed by atoms with van der Waals surface area (Å²) in [6, 6.07) is 1.13. The van der Waals surface area contributed by atoms with Crippen molar-refractivity contribution < 1.29 is 9.50 Å². The van der Waals surface area contributed by atoms with Crippen molar-refractivity contribution in [1.82, 2.24) is 0 Å². The Labute approximate surface area is 92.9 Å². The first-order valence-electron chi connectivity index (χ1n) is 4.88. The van der Waals surface area contributed by atoms with E-state index in [-0.39, 0.29) is 11.3 Å². The Morgan fingerprint density at radius 2 is 2.20 bits per heavy atom. The van der Waals surface area contributed by atoms with Gasteiger partial charge in [0.15, 0.2) is 11.6 Å². The third kappa shape index (κ3) is 1.94. The fourth-order valence-corrected chi connectivity index (χ4v) is 1.87.